The highest BCUT2D eigenvalue weighted by atomic mass is 32.2. The summed E-state index contributed by atoms with van der Waals surface area (Å²) in [7, 11) is -3.61. The molecule has 0 amide bonds. The van der Waals surface area contributed by atoms with Crippen molar-refractivity contribution in [2.45, 2.75) is 18.5 Å². The smallest absolute Gasteiger partial charge is 0.270 e. The summed E-state index contributed by atoms with van der Waals surface area (Å²) in [5, 5.41) is 4.82. The molecule has 7 nitrogen and oxygen atoms in total. The normalized spacial score (nSPS) is 17.2. The van der Waals surface area contributed by atoms with E-state index in [1.54, 1.807) is 17.3 Å². The maximum absolute atomic E-state index is 12.2. The van der Waals surface area contributed by atoms with Crippen LogP contribution in [0.5, 0.6) is 0 Å². The lowest BCUT2D eigenvalue weighted by Gasteiger charge is -2.26. The van der Waals surface area contributed by atoms with Crippen LogP contribution in [0, 0.1) is 0 Å². The lowest BCUT2D eigenvalue weighted by Crippen LogP contribution is -2.48. The summed E-state index contributed by atoms with van der Waals surface area (Å²) in [6.07, 6.45) is 1.58. The van der Waals surface area contributed by atoms with Gasteiger partial charge in [-0.2, -0.15) is 0 Å². The van der Waals surface area contributed by atoms with Crippen molar-refractivity contribution in [2.24, 2.45) is 0 Å². The van der Waals surface area contributed by atoms with E-state index < -0.39 is 10.0 Å². The summed E-state index contributed by atoms with van der Waals surface area (Å²) in [6, 6.07) is 3.29. The average Bonchev–Trinajstić information content (AvgIpc) is 2.46. The van der Waals surface area contributed by atoms with E-state index in [0.29, 0.717) is 32.8 Å². The van der Waals surface area contributed by atoms with Crippen LogP contribution in [0.3, 0.4) is 0 Å². The highest BCUT2D eigenvalue weighted by Crippen LogP contribution is 2.08. The van der Waals surface area contributed by atoms with E-state index in [1.807, 2.05) is 6.92 Å². The highest BCUT2D eigenvalue weighted by Gasteiger charge is 2.21. The van der Waals surface area contributed by atoms with Gasteiger partial charge in [0.1, 0.15) is 0 Å². The molecule has 0 atom stereocenters. The number of pyridine rings is 1. The molecule has 1 aromatic heterocycles. The molecule has 0 aliphatic carbocycles. The summed E-state index contributed by atoms with van der Waals surface area (Å²) >= 11 is 0. The Morgan fingerprint density at radius 3 is 2.70 bits per heavy atom. The van der Waals surface area contributed by atoms with E-state index in [9.17, 15) is 8.42 Å². The van der Waals surface area contributed by atoms with E-state index in [2.05, 4.69) is 15.1 Å². The monoisotopic (exact) mass is 300 g/mol. The SMILES string of the molecule is CCNCc1ccc(S(=O)(=O)NN2CCOCC2)nc1. The maximum Gasteiger partial charge on any atom is 0.270 e. The van der Waals surface area contributed by atoms with Crippen molar-refractivity contribution < 1.29 is 13.2 Å². The highest BCUT2D eigenvalue weighted by molar-refractivity contribution is 7.89. The molecule has 112 valence electrons. The second-order valence-corrected chi connectivity index (χ2v) is 6.09. The molecule has 1 aliphatic rings. The summed E-state index contributed by atoms with van der Waals surface area (Å²) in [5.74, 6) is 0. The summed E-state index contributed by atoms with van der Waals surface area (Å²) in [4.78, 5) is 6.54. The lowest BCUT2D eigenvalue weighted by molar-refractivity contribution is 0.0272. The molecule has 1 saturated heterocycles. The van der Waals surface area contributed by atoms with Gasteiger partial charge in [0, 0.05) is 25.8 Å². The number of nitrogens with one attached hydrogen (secondary N) is 2. The van der Waals surface area contributed by atoms with Crippen LogP contribution in [-0.4, -0.2) is 51.3 Å². The van der Waals surface area contributed by atoms with Crippen molar-refractivity contribution in [1.82, 2.24) is 20.1 Å². The third-order valence-electron chi connectivity index (χ3n) is 2.91. The van der Waals surface area contributed by atoms with Crippen LogP contribution >= 0.6 is 0 Å². The topological polar surface area (TPSA) is 83.6 Å². The number of sulfonamides is 1. The van der Waals surface area contributed by atoms with Gasteiger partial charge in [-0.25, -0.2) is 18.4 Å². The van der Waals surface area contributed by atoms with Gasteiger partial charge >= 0.3 is 0 Å². The van der Waals surface area contributed by atoms with Gasteiger partial charge in [0.2, 0.25) is 0 Å². The molecule has 0 saturated carbocycles. The zero-order valence-corrected chi connectivity index (χ0v) is 12.3. The number of aromatic nitrogens is 1. The van der Waals surface area contributed by atoms with Gasteiger partial charge in [-0.1, -0.05) is 13.0 Å². The Kier molecular flexibility index (Phi) is 5.44. The molecule has 2 N–H and O–H groups in total. The van der Waals surface area contributed by atoms with E-state index in [0.717, 1.165) is 12.1 Å². The predicted octanol–water partition coefficient (Wildman–Crippen LogP) is -0.283. The predicted molar refractivity (Wildman–Crippen MR) is 74.3 cm³/mol. The number of hydrogen-bond donors (Lipinski definition) is 2. The zero-order valence-electron chi connectivity index (χ0n) is 11.5. The number of hydrogen-bond acceptors (Lipinski definition) is 6. The average molecular weight is 300 g/mol. The lowest BCUT2D eigenvalue weighted by atomic mass is 10.3. The van der Waals surface area contributed by atoms with Crippen molar-refractivity contribution in [1.29, 1.82) is 0 Å². The van der Waals surface area contributed by atoms with Gasteiger partial charge in [-0.15, -0.1) is 4.83 Å². The van der Waals surface area contributed by atoms with Gasteiger partial charge in [0.15, 0.2) is 5.03 Å². The summed E-state index contributed by atoms with van der Waals surface area (Å²) in [5.41, 5.74) is 0.956. The third-order valence-corrected chi connectivity index (χ3v) is 4.20. The first-order chi connectivity index (χ1) is 9.62. The van der Waals surface area contributed by atoms with Crippen LogP contribution in [0.4, 0.5) is 0 Å². The number of ether oxygens (including phenoxy) is 1. The maximum atomic E-state index is 12.2. The number of morpholine rings is 1. The fourth-order valence-electron chi connectivity index (χ4n) is 1.82. The molecule has 1 fully saturated rings. The molecule has 8 heteroatoms. The zero-order chi connectivity index (χ0) is 14.4. The van der Waals surface area contributed by atoms with Crippen LogP contribution in [0.25, 0.3) is 0 Å². The molecule has 20 heavy (non-hydrogen) atoms. The standard InChI is InChI=1S/C12H20N4O3S/c1-2-13-9-11-3-4-12(14-10-11)20(17,18)15-16-5-7-19-8-6-16/h3-4,10,13,15H,2,5-9H2,1H3. The largest absolute Gasteiger partial charge is 0.379 e. The molecule has 0 spiro atoms. The van der Waals surface area contributed by atoms with Gasteiger partial charge in [-0.05, 0) is 18.2 Å². The number of nitrogens with zero attached hydrogens (tertiary/aromatic N) is 2. The Labute approximate surface area is 119 Å². The molecule has 2 heterocycles. The Balaban J connectivity index is 2.01. The van der Waals surface area contributed by atoms with E-state index in [4.69, 9.17) is 4.74 Å². The van der Waals surface area contributed by atoms with Gasteiger partial charge in [0.05, 0.1) is 13.2 Å². The van der Waals surface area contributed by atoms with Gasteiger partial charge in [0.25, 0.3) is 10.0 Å². The minimum atomic E-state index is -3.61. The molecular weight excluding hydrogens is 280 g/mol. The molecule has 0 radical (unpaired) electrons. The van der Waals surface area contributed by atoms with Gasteiger partial charge in [-0.3, -0.25) is 0 Å². The van der Waals surface area contributed by atoms with Crippen molar-refractivity contribution >= 4 is 10.0 Å². The Morgan fingerprint density at radius 2 is 2.10 bits per heavy atom. The van der Waals surface area contributed by atoms with E-state index in [-0.39, 0.29) is 5.03 Å². The van der Waals surface area contributed by atoms with E-state index >= 15 is 0 Å². The first-order valence-corrected chi connectivity index (χ1v) is 8.11. The van der Waals surface area contributed by atoms with Crippen LogP contribution in [0.15, 0.2) is 23.4 Å². The summed E-state index contributed by atoms with van der Waals surface area (Å²) in [6.45, 7) is 5.68. The molecule has 0 bridgehead atoms. The van der Waals surface area contributed by atoms with E-state index in [1.165, 1.54) is 6.07 Å². The number of rotatable bonds is 6. The first kappa shape index (κ1) is 15.3. The quantitative estimate of drug-likeness (QED) is 0.751. The fraction of sp³-hybridized carbons (Fsp3) is 0.583. The molecule has 1 aromatic rings. The Bertz CT molecular complexity index is 512. The van der Waals surface area contributed by atoms with Crippen molar-refractivity contribution in [3.63, 3.8) is 0 Å². The second kappa shape index (κ2) is 7.09. The van der Waals surface area contributed by atoms with Crippen LogP contribution in [-0.2, 0) is 21.3 Å². The molecule has 2 rings (SSSR count). The van der Waals surface area contributed by atoms with Crippen LogP contribution in [0.1, 0.15) is 12.5 Å². The molecule has 1 aliphatic heterocycles. The first-order valence-electron chi connectivity index (χ1n) is 6.62. The Morgan fingerprint density at radius 1 is 1.35 bits per heavy atom. The van der Waals surface area contributed by atoms with Crippen LogP contribution in [0.2, 0.25) is 0 Å². The molecule has 0 unspecified atom stereocenters. The minimum absolute atomic E-state index is 0.0317. The minimum Gasteiger partial charge on any atom is -0.379 e. The fourth-order valence-corrected chi connectivity index (χ4v) is 2.87. The number of hydrazine groups is 1. The second-order valence-electron chi connectivity index (χ2n) is 4.48. The van der Waals surface area contributed by atoms with Crippen molar-refractivity contribution in [3.05, 3.63) is 23.9 Å². The molecule has 0 aromatic carbocycles. The van der Waals surface area contributed by atoms with Gasteiger partial charge < -0.3 is 10.1 Å². The van der Waals surface area contributed by atoms with Crippen LogP contribution < -0.4 is 10.1 Å². The summed E-state index contributed by atoms with van der Waals surface area (Å²) < 4.78 is 29.5. The Hall–Kier alpha value is -1.06. The third kappa shape index (κ3) is 4.22. The van der Waals surface area contributed by atoms with Crippen molar-refractivity contribution in [2.75, 3.05) is 32.8 Å². The van der Waals surface area contributed by atoms with Crippen molar-refractivity contribution in [3.8, 4) is 0 Å². The molecular formula is C12H20N4O3S.